The van der Waals surface area contributed by atoms with Crippen LogP contribution in [0.4, 0.5) is 4.39 Å². The van der Waals surface area contributed by atoms with E-state index in [4.69, 9.17) is 8.92 Å². The molecule has 3 rings (SSSR count). The molecule has 0 aliphatic heterocycles. The first-order valence-electron chi connectivity index (χ1n) is 9.64. The van der Waals surface area contributed by atoms with Crippen LogP contribution in [0.1, 0.15) is 25.7 Å². The number of aromatic nitrogens is 2. The van der Waals surface area contributed by atoms with Gasteiger partial charge in [0.1, 0.15) is 17.3 Å². The van der Waals surface area contributed by atoms with E-state index >= 15 is 0 Å². The number of ether oxygens (including phenoxy) is 1. The smallest absolute Gasteiger partial charge is 0.264 e. The summed E-state index contributed by atoms with van der Waals surface area (Å²) in [6.07, 6.45) is 4.23. The van der Waals surface area contributed by atoms with Gasteiger partial charge in [-0.3, -0.25) is 8.86 Å². The van der Waals surface area contributed by atoms with Crippen molar-refractivity contribution < 1.29 is 21.7 Å². The number of hydrogen-bond donors (Lipinski definition) is 0. The third-order valence-electron chi connectivity index (χ3n) is 4.61. The highest BCUT2D eigenvalue weighted by Crippen LogP contribution is 2.32. The second-order valence-corrected chi connectivity index (χ2v) is 9.62. The molecule has 3 aromatic rings. The Morgan fingerprint density at radius 1 is 1.07 bits per heavy atom. The van der Waals surface area contributed by atoms with Gasteiger partial charge in [-0.25, -0.2) is 4.39 Å². The summed E-state index contributed by atoms with van der Waals surface area (Å²) in [4.78, 5) is 0. The van der Waals surface area contributed by atoms with Gasteiger partial charge in [0, 0.05) is 28.5 Å². The van der Waals surface area contributed by atoms with Gasteiger partial charge in [-0.2, -0.15) is 13.5 Å². The van der Waals surface area contributed by atoms with Crippen LogP contribution < -0.4 is 4.74 Å². The molecular weight excluding hydrogens is 475 g/mol. The van der Waals surface area contributed by atoms with Gasteiger partial charge >= 0.3 is 0 Å². The molecule has 0 bridgehead atoms. The fraction of sp³-hybridized carbons (Fsp3) is 0.381. The molecule has 30 heavy (non-hydrogen) atoms. The Morgan fingerprint density at radius 3 is 2.50 bits per heavy atom. The summed E-state index contributed by atoms with van der Waals surface area (Å²) in [5.74, 6) is 0.0907. The molecule has 1 aromatic heterocycles. The van der Waals surface area contributed by atoms with Crippen LogP contribution in [0.3, 0.4) is 0 Å². The average molecular weight is 499 g/mol. The second kappa shape index (κ2) is 9.89. The van der Waals surface area contributed by atoms with Gasteiger partial charge in [0.05, 0.1) is 25.0 Å². The van der Waals surface area contributed by atoms with Gasteiger partial charge in [-0.1, -0.05) is 22.4 Å². The number of hydrogen-bond acceptors (Lipinski definition) is 5. The van der Waals surface area contributed by atoms with E-state index in [9.17, 15) is 12.8 Å². The monoisotopic (exact) mass is 498 g/mol. The summed E-state index contributed by atoms with van der Waals surface area (Å²) < 4.78 is 49.5. The highest BCUT2D eigenvalue weighted by molar-refractivity contribution is 9.10. The quantitative estimate of drug-likeness (QED) is 0.288. The number of rotatable bonds is 10. The van der Waals surface area contributed by atoms with Crippen LogP contribution in [-0.4, -0.2) is 37.7 Å². The van der Waals surface area contributed by atoms with E-state index in [1.807, 2.05) is 25.2 Å². The molecule has 0 N–H and O–H groups in total. The minimum absolute atomic E-state index is 0.200. The van der Waals surface area contributed by atoms with Crippen molar-refractivity contribution >= 4 is 37.0 Å². The average Bonchev–Trinajstić information content (AvgIpc) is 2.99. The predicted octanol–water partition coefficient (Wildman–Crippen LogP) is 5.06. The lowest BCUT2D eigenvalue weighted by atomic mass is 10.1. The van der Waals surface area contributed by atoms with Crippen molar-refractivity contribution in [2.75, 3.05) is 19.5 Å². The Labute approximate surface area is 184 Å². The summed E-state index contributed by atoms with van der Waals surface area (Å²) in [7, 11) is -1.53. The molecule has 162 valence electrons. The molecule has 0 fully saturated rings. The van der Waals surface area contributed by atoms with Gasteiger partial charge in [-0.05, 0) is 49.6 Å². The van der Waals surface area contributed by atoms with Crippen LogP contribution >= 0.6 is 15.9 Å². The molecule has 0 atom stereocenters. The van der Waals surface area contributed by atoms with Crippen LogP contribution in [0.15, 0.2) is 40.9 Å². The van der Waals surface area contributed by atoms with E-state index < -0.39 is 10.1 Å². The number of fused-ring (bicyclic) bond motifs is 1. The predicted molar refractivity (Wildman–Crippen MR) is 119 cm³/mol. The summed E-state index contributed by atoms with van der Waals surface area (Å²) in [5, 5.41) is 5.37. The van der Waals surface area contributed by atoms with Crippen molar-refractivity contribution in [2.45, 2.75) is 25.7 Å². The first kappa shape index (κ1) is 22.7. The van der Waals surface area contributed by atoms with Crippen LogP contribution in [0.5, 0.6) is 5.75 Å². The fourth-order valence-corrected chi connectivity index (χ4v) is 3.93. The van der Waals surface area contributed by atoms with E-state index in [0.29, 0.717) is 30.0 Å². The van der Waals surface area contributed by atoms with Gasteiger partial charge in [0.25, 0.3) is 10.1 Å². The molecule has 9 heteroatoms. The van der Waals surface area contributed by atoms with Crippen molar-refractivity contribution in [1.29, 1.82) is 0 Å². The first-order chi connectivity index (χ1) is 14.2. The van der Waals surface area contributed by atoms with Crippen molar-refractivity contribution in [3.05, 3.63) is 46.7 Å². The normalized spacial score (nSPS) is 11.9. The lowest BCUT2D eigenvalue weighted by molar-refractivity contribution is 0.289. The number of unbranched alkanes of at least 4 members (excludes halogenated alkanes) is 3. The van der Waals surface area contributed by atoms with Crippen molar-refractivity contribution in [3.8, 4) is 17.0 Å². The molecule has 0 spiro atoms. The van der Waals surface area contributed by atoms with Gasteiger partial charge in [0.2, 0.25) is 0 Å². The fourth-order valence-electron chi connectivity index (χ4n) is 3.17. The largest absolute Gasteiger partial charge is 0.493 e. The summed E-state index contributed by atoms with van der Waals surface area (Å²) >= 11 is 3.45. The van der Waals surface area contributed by atoms with E-state index in [0.717, 1.165) is 40.9 Å². The molecule has 0 radical (unpaired) electrons. The molecule has 0 aliphatic rings. The molecule has 0 saturated heterocycles. The summed E-state index contributed by atoms with van der Waals surface area (Å²) in [6, 6.07) is 10.6. The van der Waals surface area contributed by atoms with Crippen LogP contribution in [0.2, 0.25) is 0 Å². The maximum Gasteiger partial charge on any atom is 0.264 e. The Morgan fingerprint density at radius 2 is 1.80 bits per heavy atom. The number of halogens is 2. The molecule has 0 saturated carbocycles. The Bertz CT molecular complexity index is 1130. The van der Waals surface area contributed by atoms with E-state index in [2.05, 4.69) is 21.0 Å². The third-order valence-corrected chi connectivity index (χ3v) is 5.70. The van der Waals surface area contributed by atoms with Crippen LogP contribution in [0.25, 0.3) is 22.2 Å². The topological polar surface area (TPSA) is 70.4 Å². The lowest BCUT2D eigenvalue weighted by Gasteiger charge is -2.08. The maximum atomic E-state index is 14.8. The number of nitrogens with zero attached hydrogens (tertiary/aromatic N) is 2. The van der Waals surface area contributed by atoms with Gasteiger partial charge in [-0.15, -0.1) is 0 Å². The maximum absolute atomic E-state index is 14.8. The molecular formula is C21H24BrFN2O4S. The summed E-state index contributed by atoms with van der Waals surface area (Å²) in [6.45, 7) is 0.664. The van der Waals surface area contributed by atoms with Crippen molar-refractivity contribution in [3.63, 3.8) is 0 Å². The highest BCUT2D eigenvalue weighted by atomic mass is 79.9. The third kappa shape index (κ3) is 6.02. The Balaban J connectivity index is 1.54. The first-order valence-corrected chi connectivity index (χ1v) is 12.2. The van der Waals surface area contributed by atoms with Crippen LogP contribution in [0, 0.1) is 5.82 Å². The van der Waals surface area contributed by atoms with Crippen molar-refractivity contribution in [2.24, 2.45) is 7.05 Å². The van der Waals surface area contributed by atoms with Gasteiger partial charge < -0.3 is 4.74 Å². The Kier molecular flexibility index (Phi) is 7.49. The lowest BCUT2D eigenvalue weighted by Crippen LogP contribution is -2.04. The molecule has 0 aliphatic carbocycles. The Hall–Kier alpha value is -1.97. The SMILES string of the molecule is Cn1nc(-c2ccc(OCCCCCCOS(C)(=O)=O)cc2F)c2ccc(Br)cc21. The zero-order valence-electron chi connectivity index (χ0n) is 16.9. The standard InChI is InChI=1S/C21H24BrFN2O4S/c1-25-20-13-15(22)7-9-18(20)21(24-25)17-10-8-16(14-19(17)23)28-11-5-3-4-6-12-29-30(2,26)27/h7-10,13-14H,3-6,11-12H2,1-2H3. The molecule has 0 unspecified atom stereocenters. The minimum Gasteiger partial charge on any atom is -0.493 e. The number of benzene rings is 2. The summed E-state index contributed by atoms with van der Waals surface area (Å²) in [5.41, 5.74) is 1.95. The molecule has 2 aromatic carbocycles. The van der Waals surface area contributed by atoms with E-state index in [1.54, 1.807) is 16.8 Å². The van der Waals surface area contributed by atoms with E-state index in [1.165, 1.54) is 6.07 Å². The zero-order chi connectivity index (χ0) is 21.7. The van der Waals surface area contributed by atoms with Crippen LogP contribution in [-0.2, 0) is 21.3 Å². The minimum atomic E-state index is -3.37. The van der Waals surface area contributed by atoms with Crippen molar-refractivity contribution in [1.82, 2.24) is 9.78 Å². The zero-order valence-corrected chi connectivity index (χ0v) is 19.3. The van der Waals surface area contributed by atoms with E-state index in [-0.39, 0.29) is 12.4 Å². The highest BCUT2D eigenvalue weighted by Gasteiger charge is 2.15. The molecule has 1 heterocycles. The number of aryl methyl sites for hydroxylation is 1. The molecule has 0 amide bonds. The van der Waals surface area contributed by atoms with Gasteiger partial charge in [0.15, 0.2) is 0 Å². The molecule has 6 nitrogen and oxygen atoms in total. The second-order valence-electron chi connectivity index (χ2n) is 7.06.